The third-order valence-corrected chi connectivity index (χ3v) is 4.11. The van der Waals surface area contributed by atoms with Gasteiger partial charge in [-0.2, -0.15) is 5.26 Å². The van der Waals surface area contributed by atoms with Crippen molar-refractivity contribution in [2.45, 2.75) is 32.2 Å². The lowest BCUT2D eigenvalue weighted by Gasteiger charge is -2.31. The van der Waals surface area contributed by atoms with Crippen molar-refractivity contribution in [3.8, 4) is 6.07 Å². The maximum Gasteiger partial charge on any atom is 0.142 e. The summed E-state index contributed by atoms with van der Waals surface area (Å²) in [7, 11) is 0. The number of benzene rings is 1. The van der Waals surface area contributed by atoms with E-state index in [0.717, 1.165) is 18.7 Å². The van der Waals surface area contributed by atoms with Gasteiger partial charge in [-0.3, -0.25) is 4.90 Å². The first-order chi connectivity index (χ1) is 8.82. The van der Waals surface area contributed by atoms with Gasteiger partial charge >= 0.3 is 0 Å². The van der Waals surface area contributed by atoms with Crippen LogP contribution in [0.2, 0.25) is 5.02 Å². The molecule has 0 spiro atoms. The fourth-order valence-electron chi connectivity index (χ4n) is 2.56. The van der Waals surface area contributed by atoms with E-state index in [2.05, 4.69) is 31.7 Å². The van der Waals surface area contributed by atoms with Gasteiger partial charge in [-0.15, -0.1) is 0 Å². The number of hydrogen-bond donors (Lipinski definition) is 0. The Labute approximate surface area is 118 Å². The predicted octanol–water partition coefficient (Wildman–Crippen LogP) is 3.82. The van der Waals surface area contributed by atoms with Gasteiger partial charge in [0.15, 0.2) is 0 Å². The van der Waals surface area contributed by atoms with E-state index >= 15 is 0 Å². The van der Waals surface area contributed by atoms with E-state index in [-0.39, 0.29) is 22.4 Å². The van der Waals surface area contributed by atoms with Crippen molar-refractivity contribution in [1.82, 2.24) is 4.90 Å². The minimum absolute atomic E-state index is 0.0226. The molecule has 0 aromatic heterocycles. The van der Waals surface area contributed by atoms with Gasteiger partial charge in [0, 0.05) is 24.5 Å². The Morgan fingerprint density at radius 1 is 1.37 bits per heavy atom. The zero-order valence-electron chi connectivity index (χ0n) is 11.5. The molecular weight excluding hydrogens is 263 g/mol. The molecule has 0 N–H and O–H groups in total. The van der Waals surface area contributed by atoms with Crippen LogP contribution >= 0.6 is 11.6 Å². The van der Waals surface area contributed by atoms with Gasteiger partial charge in [0.2, 0.25) is 0 Å². The molecule has 1 aromatic carbocycles. The highest BCUT2D eigenvalue weighted by Gasteiger charge is 2.38. The second-order valence-electron chi connectivity index (χ2n) is 6.09. The van der Waals surface area contributed by atoms with E-state index in [4.69, 9.17) is 11.6 Å². The molecule has 1 fully saturated rings. The molecule has 0 bridgehead atoms. The largest absolute Gasteiger partial charge is 0.297 e. The van der Waals surface area contributed by atoms with Gasteiger partial charge in [-0.25, -0.2) is 4.39 Å². The minimum Gasteiger partial charge on any atom is -0.297 e. The lowest BCUT2D eigenvalue weighted by molar-refractivity contribution is 0.170. The van der Waals surface area contributed by atoms with Crippen LogP contribution in [0.15, 0.2) is 18.2 Å². The average molecular weight is 281 g/mol. The Morgan fingerprint density at radius 3 is 2.58 bits per heavy atom. The van der Waals surface area contributed by atoms with Crippen molar-refractivity contribution in [1.29, 1.82) is 5.26 Å². The van der Waals surface area contributed by atoms with Crippen LogP contribution in [0, 0.1) is 23.1 Å². The second kappa shape index (κ2) is 5.11. The molecule has 0 radical (unpaired) electrons. The SMILES string of the molecule is CC(C)(C)N1C[C@@H](C#N)[C@H](c2ccc(Cl)c(F)c2)C1. The molecule has 0 aliphatic carbocycles. The van der Waals surface area contributed by atoms with Gasteiger partial charge in [-0.1, -0.05) is 17.7 Å². The summed E-state index contributed by atoms with van der Waals surface area (Å²) in [4.78, 5) is 2.28. The van der Waals surface area contributed by atoms with Crippen molar-refractivity contribution in [2.75, 3.05) is 13.1 Å². The number of likely N-dealkylation sites (tertiary alicyclic amines) is 1. The molecule has 102 valence electrons. The summed E-state index contributed by atoms with van der Waals surface area (Å²) in [5, 5.41) is 9.44. The average Bonchev–Trinajstić information content (AvgIpc) is 2.76. The summed E-state index contributed by atoms with van der Waals surface area (Å²) < 4.78 is 13.6. The van der Waals surface area contributed by atoms with Crippen LogP contribution in [-0.2, 0) is 0 Å². The normalized spacial score (nSPS) is 24.4. The Bertz CT molecular complexity index is 516. The third-order valence-electron chi connectivity index (χ3n) is 3.81. The smallest absolute Gasteiger partial charge is 0.142 e. The highest BCUT2D eigenvalue weighted by molar-refractivity contribution is 6.30. The quantitative estimate of drug-likeness (QED) is 0.782. The van der Waals surface area contributed by atoms with Crippen LogP contribution in [0.1, 0.15) is 32.3 Å². The lowest BCUT2D eigenvalue weighted by atomic mass is 9.90. The Kier molecular flexibility index (Phi) is 3.85. The maximum atomic E-state index is 13.6. The standard InChI is InChI=1S/C15H18ClFN2/c1-15(2,3)19-8-11(7-18)12(9-19)10-4-5-13(16)14(17)6-10/h4-6,11-12H,8-9H2,1-3H3/t11-,12+/m1/s1. The number of rotatable bonds is 1. The molecule has 1 aliphatic heterocycles. The van der Waals surface area contributed by atoms with Crippen LogP contribution in [0.3, 0.4) is 0 Å². The molecule has 2 nitrogen and oxygen atoms in total. The van der Waals surface area contributed by atoms with Gasteiger partial charge in [-0.05, 0) is 38.5 Å². The lowest BCUT2D eigenvalue weighted by Crippen LogP contribution is -2.39. The van der Waals surface area contributed by atoms with Crippen molar-refractivity contribution >= 4 is 11.6 Å². The third kappa shape index (κ3) is 2.91. The van der Waals surface area contributed by atoms with Crippen LogP contribution in [0.25, 0.3) is 0 Å². The summed E-state index contributed by atoms with van der Waals surface area (Å²) in [6, 6.07) is 7.21. The first-order valence-corrected chi connectivity index (χ1v) is 6.80. The van der Waals surface area contributed by atoms with Crippen molar-refractivity contribution < 1.29 is 4.39 Å². The van der Waals surface area contributed by atoms with Crippen LogP contribution in [-0.4, -0.2) is 23.5 Å². The molecule has 2 atom stereocenters. The first-order valence-electron chi connectivity index (χ1n) is 6.42. The highest BCUT2D eigenvalue weighted by atomic mass is 35.5. The summed E-state index contributed by atoms with van der Waals surface area (Å²) in [6.45, 7) is 7.91. The summed E-state index contributed by atoms with van der Waals surface area (Å²) >= 11 is 5.71. The molecular formula is C15H18ClFN2. The van der Waals surface area contributed by atoms with Crippen molar-refractivity contribution in [2.24, 2.45) is 5.92 Å². The van der Waals surface area contributed by atoms with E-state index < -0.39 is 5.82 Å². The zero-order valence-corrected chi connectivity index (χ0v) is 12.2. The van der Waals surface area contributed by atoms with Crippen LogP contribution < -0.4 is 0 Å². The van der Waals surface area contributed by atoms with Gasteiger partial charge < -0.3 is 0 Å². The first kappa shape index (κ1) is 14.3. The fourth-order valence-corrected chi connectivity index (χ4v) is 2.68. The number of nitriles is 1. The van der Waals surface area contributed by atoms with Gasteiger partial charge in [0.25, 0.3) is 0 Å². The summed E-state index contributed by atoms with van der Waals surface area (Å²) in [5.41, 5.74) is 0.884. The predicted molar refractivity (Wildman–Crippen MR) is 74.6 cm³/mol. The monoisotopic (exact) mass is 280 g/mol. The molecule has 1 aromatic rings. The fraction of sp³-hybridized carbons (Fsp3) is 0.533. The van der Waals surface area contributed by atoms with Crippen molar-refractivity contribution in [3.05, 3.63) is 34.6 Å². The van der Waals surface area contributed by atoms with Crippen LogP contribution in [0.4, 0.5) is 4.39 Å². The minimum atomic E-state index is -0.412. The molecule has 2 rings (SSSR count). The molecule has 1 heterocycles. The Morgan fingerprint density at radius 2 is 2.05 bits per heavy atom. The van der Waals surface area contributed by atoms with Gasteiger partial charge in [0.1, 0.15) is 5.82 Å². The Hall–Kier alpha value is -1.11. The van der Waals surface area contributed by atoms with E-state index in [9.17, 15) is 9.65 Å². The van der Waals surface area contributed by atoms with Gasteiger partial charge in [0.05, 0.1) is 17.0 Å². The van der Waals surface area contributed by atoms with Crippen LogP contribution in [0.5, 0.6) is 0 Å². The molecule has 1 aliphatic rings. The highest BCUT2D eigenvalue weighted by Crippen LogP contribution is 2.36. The molecule has 0 saturated carbocycles. The maximum absolute atomic E-state index is 13.6. The molecule has 0 amide bonds. The van der Waals surface area contributed by atoms with E-state index in [1.165, 1.54) is 6.07 Å². The summed E-state index contributed by atoms with van der Waals surface area (Å²) in [6.07, 6.45) is 0. The van der Waals surface area contributed by atoms with E-state index in [1.54, 1.807) is 6.07 Å². The Balaban J connectivity index is 2.28. The molecule has 19 heavy (non-hydrogen) atoms. The number of halogens is 2. The van der Waals surface area contributed by atoms with Crippen molar-refractivity contribution in [3.63, 3.8) is 0 Å². The second-order valence-corrected chi connectivity index (χ2v) is 6.50. The van der Waals surface area contributed by atoms with E-state index in [1.807, 2.05) is 6.07 Å². The zero-order chi connectivity index (χ0) is 14.2. The number of nitrogens with zero attached hydrogens (tertiary/aromatic N) is 2. The topological polar surface area (TPSA) is 27.0 Å². The van der Waals surface area contributed by atoms with E-state index in [0.29, 0.717) is 0 Å². The summed E-state index contributed by atoms with van der Waals surface area (Å²) in [5.74, 6) is -0.458. The number of hydrogen-bond acceptors (Lipinski definition) is 2. The molecule has 4 heteroatoms. The molecule has 1 saturated heterocycles. The molecule has 0 unspecified atom stereocenters.